The van der Waals surface area contributed by atoms with Crippen molar-refractivity contribution in [1.29, 1.82) is 0 Å². The first-order valence-electron chi connectivity index (χ1n) is 7.51. The van der Waals surface area contributed by atoms with E-state index in [0.717, 1.165) is 22.1 Å². The summed E-state index contributed by atoms with van der Waals surface area (Å²) in [5.41, 5.74) is 2.33. The van der Waals surface area contributed by atoms with Gasteiger partial charge in [0.05, 0.1) is 12.2 Å². The Morgan fingerprint density at radius 3 is 2.54 bits per heavy atom. The molecule has 6 heteroatoms. The van der Waals surface area contributed by atoms with Crippen LogP contribution in [-0.2, 0) is 4.79 Å². The van der Waals surface area contributed by atoms with Gasteiger partial charge in [0.25, 0.3) is 0 Å². The number of halogens is 1. The van der Waals surface area contributed by atoms with E-state index < -0.39 is 0 Å². The molecule has 0 radical (unpaired) electrons. The van der Waals surface area contributed by atoms with E-state index in [1.807, 2.05) is 18.2 Å². The number of fused-ring (bicyclic) bond motifs is 1. The normalized spacial score (nSPS) is 10.6. The lowest BCUT2D eigenvalue weighted by molar-refractivity contribution is -0.115. The van der Waals surface area contributed by atoms with Gasteiger partial charge >= 0.3 is 0 Å². The third kappa shape index (κ3) is 3.49. The summed E-state index contributed by atoms with van der Waals surface area (Å²) in [6.07, 6.45) is 3.40. The highest BCUT2D eigenvalue weighted by molar-refractivity contribution is 6.07. The average molecular weight is 324 g/mol. The minimum absolute atomic E-state index is 0.123. The van der Waals surface area contributed by atoms with Gasteiger partial charge in [-0.2, -0.15) is 0 Å². The van der Waals surface area contributed by atoms with Crippen LogP contribution >= 0.6 is 0 Å². The summed E-state index contributed by atoms with van der Waals surface area (Å²) in [7, 11) is 1.72. The first kappa shape index (κ1) is 15.9. The monoisotopic (exact) mass is 324 g/mol. The van der Waals surface area contributed by atoms with Gasteiger partial charge in [0.15, 0.2) is 0 Å². The quantitative estimate of drug-likeness (QED) is 0.674. The van der Waals surface area contributed by atoms with Crippen molar-refractivity contribution in [2.45, 2.75) is 0 Å². The van der Waals surface area contributed by atoms with Crippen molar-refractivity contribution in [2.75, 3.05) is 24.2 Å². The minimum atomic E-state index is -0.280. The van der Waals surface area contributed by atoms with Gasteiger partial charge in [-0.25, -0.2) is 4.39 Å². The Kier molecular flexibility index (Phi) is 4.67. The Morgan fingerprint density at radius 1 is 1.04 bits per heavy atom. The van der Waals surface area contributed by atoms with E-state index >= 15 is 0 Å². The Labute approximate surface area is 138 Å². The summed E-state index contributed by atoms with van der Waals surface area (Å²) in [6, 6.07) is 11.7. The predicted molar refractivity (Wildman–Crippen MR) is 94.0 cm³/mol. The number of pyridine rings is 1. The molecule has 3 aromatic rings. The fraction of sp³-hybridized carbons (Fsp3) is 0.111. The Bertz CT molecular complexity index is 865. The van der Waals surface area contributed by atoms with Crippen molar-refractivity contribution in [2.24, 2.45) is 0 Å². The van der Waals surface area contributed by atoms with Crippen LogP contribution in [0.3, 0.4) is 0 Å². The van der Waals surface area contributed by atoms with Crippen molar-refractivity contribution in [3.63, 3.8) is 0 Å². The largest absolute Gasteiger partial charge is 0.355 e. The maximum atomic E-state index is 13.0. The molecule has 3 rings (SSSR count). The summed E-state index contributed by atoms with van der Waals surface area (Å²) in [5.74, 6) is -0.404. The third-order valence-corrected chi connectivity index (χ3v) is 3.55. The van der Waals surface area contributed by atoms with Gasteiger partial charge in [-0.15, -0.1) is 0 Å². The number of carbonyl (C=O) groups excluding carboxylic acids is 1. The highest BCUT2D eigenvalue weighted by Crippen LogP contribution is 2.31. The fourth-order valence-electron chi connectivity index (χ4n) is 2.45. The number of nitrogens with zero attached hydrogens (tertiary/aromatic N) is 1. The molecule has 0 unspecified atom stereocenters. The first-order chi connectivity index (χ1) is 11.7. The first-order valence-corrected chi connectivity index (χ1v) is 7.51. The lowest BCUT2D eigenvalue weighted by atomic mass is 10.1. The van der Waals surface area contributed by atoms with E-state index in [1.165, 1.54) is 12.1 Å². The summed E-state index contributed by atoms with van der Waals surface area (Å²) in [6.45, 7) is 0.233. The molecule has 0 aliphatic rings. The molecule has 0 bridgehead atoms. The summed E-state index contributed by atoms with van der Waals surface area (Å²) < 4.78 is 13.0. The molecule has 24 heavy (non-hydrogen) atoms. The number of hydrogen-bond donors (Lipinski definition) is 3. The van der Waals surface area contributed by atoms with Gasteiger partial charge in [0, 0.05) is 34.5 Å². The van der Waals surface area contributed by atoms with Crippen LogP contribution < -0.4 is 16.0 Å². The number of aromatic nitrogens is 1. The minimum Gasteiger partial charge on any atom is -0.355 e. The molecule has 1 heterocycles. The highest BCUT2D eigenvalue weighted by Gasteiger charge is 2.09. The van der Waals surface area contributed by atoms with Crippen molar-refractivity contribution in [3.8, 4) is 0 Å². The lowest BCUT2D eigenvalue weighted by Gasteiger charge is -2.13. The molecule has 0 saturated carbocycles. The smallest absolute Gasteiger partial charge is 0.238 e. The number of likely N-dealkylation sites (N-methyl/N-ethyl adjacent to an activating group) is 1. The second kappa shape index (κ2) is 7.06. The predicted octanol–water partition coefficient (Wildman–Crippen LogP) is 3.28. The lowest BCUT2D eigenvalue weighted by Crippen LogP contribution is -2.25. The molecular weight excluding hydrogens is 307 g/mol. The SMILES string of the molecule is CNCC(=O)Nc1ccc(Nc2ccc(F)cc2)c2ccncc12. The van der Waals surface area contributed by atoms with E-state index in [9.17, 15) is 9.18 Å². The number of carbonyl (C=O) groups is 1. The molecule has 122 valence electrons. The zero-order valence-electron chi connectivity index (χ0n) is 13.1. The van der Waals surface area contributed by atoms with E-state index in [1.54, 1.807) is 31.6 Å². The molecule has 1 aromatic heterocycles. The maximum absolute atomic E-state index is 13.0. The van der Waals surface area contributed by atoms with Crippen LogP contribution in [0.15, 0.2) is 54.9 Å². The van der Waals surface area contributed by atoms with Crippen LogP contribution in [0.1, 0.15) is 0 Å². The molecule has 1 amide bonds. The van der Waals surface area contributed by atoms with Gasteiger partial charge in [-0.1, -0.05) is 0 Å². The highest BCUT2D eigenvalue weighted by atomic mass is 19.1. The molecule has 0 aliphatic carbocycles. The Morgan fingerprint density at radius 2 is 1.79 bits per heavy atom. The number of amides is 1. The van der Waals surface area contributed by atoms with E-state index in [0.29, 0.717) is 5.69 Å². The van der Waals surface area contributed by atoms with Crippen LogP contribution in [0.4, 0.5) is 21.5 Å². The average Bonchev–Trinajstić information content (AvgIpc) is 2.59. The maximum Gasteiger partial charge on any atom is 0.238 e. The molecule has 3 N–H and O–H groups in total. The molecule has 0 saturated heterocycles. The van der Waals surface area contributed by atoms with Gasteiger partial charge in [-0.3, -0.25) is 9.78 Å². The molecule has 0 atom stereocenters. The van der Waals surface area contributed by atoms with Crippen LogP contribution in [0, 0.1) is 5.82 Å². The fourth-order valence-corrected chi connectivity index (χ4v) is 2.45. The zero-order chi connectivity index (χ0) is 16.9. The third-order valence-electron chi connectivity index (χ3n) is 3.55. The molecular formula is C18H17FN4O. The second-order valence-corrected chi connectivity index (χ2v) is 5.29. The van der Waals surface area contributed by atoms with Crippen LogP contribution in [0.2, 0.25) is 0 Å². The van der Waals surface area contributed by atoms with Gasteiger partial charge in [-0.05, 0) is 49.5 Å². The second-order valence-electron chi connectivity index (χ2n) is 5.29. The van der Waals surface area contributed by atoms with Crippen LogP contribution in [0.5, 0.6) is 0 Å². The van der Waals surface area contributed by atoms with E-state index in [2.05, 4.69) is 20.9 Å². The Hall–Kier alpha value is -2.99. The van der Waals surface area contributed by atoms with Gasteiger partial charge in [0.2, 0.25) is 5.91 Å². The summed E-state index contributed by atoms with van der Waals surface area (Å²) in [5, 5.41) is 10.7. The van der Waals surface area contributed by atoms with Crippen LogP contribution in [0.25, 0.3) is 10.8 Å². The topological polar surface area (TPSA) is 66.1 Å². The summed E-state index contributed by atoms with van der Waals surface area (Å²) >= 11 is 0. The van der Waals surface area contributed by atoms with Gasteiger partial charge < -0.3 is 16.0 Å². The number of nitrogens with one attached hydrogen (secondary N) is 3. The van der Waals surface area contributed by atoms with Crippen molar-refractivity contribution < 1.29 is 9.18 Å². The Balaban J connectivity index is 1.95. The molecule has 2 aromatic carbocycles. The molecule has 0 spiro atoms. The van der Waals surface area contributed by atoms with E-state index in [4.69, 9.17) is 0 Å². The number of hydrogen-bond acceptors (Lipinski definition) is 4. The molecule has 5 nitrogen and oxygen atoms in total. The molecule has 0 fully saturated rings. The summed E-state index contributed by atoms with van der Waals surface area (Å²) in [4.78, 5) is 16.0. The molecule has 0 aliphatic heterocycles. The number of benzene rings is 2. The number of anilines is 3. The number of rotatable bonds is 5. The standard InChI is InChI=1S/C18H17FN4O/c1-20-11-18(24)23-17-7-6-16(14-8-9-21-10-15(14)17)22-13-4-2-12(19)3-5-13/h2-10,20,22H,11H2,1H3,(H,23,24). The van der Waals surface area contributed by atoms with Crippen molar-refractivity contribution in [3.05, 3.63) is 60.7 Å². The van der Waals surface area contributed by atoms with E-state index in [-0.39, 0.29) is 18.3 Å². The zero-order valence-corrected chi connectivity index (χ0v) is 13.1. The van der Waals surface area contributed by atoms with Crippen LogP contribution in [-0.4, -0.2) is 24.5 Å². The van der Waals surface area contributed by atoms with Crippen molar-refractivity contribution >= 4 is 33.7 Å². The van der Waals surface area contributed by atoms with Gasteiger partial charge in [0.1, 0.15) is 5.82 Å². The van der Waals surface area contributed by atoms with Crippen molar-refractivity contribution in [1.82, 2.24) is 10.3 Å².